The lowest BCUT2D eigenvalue weighted by atomic mass is 10.1. The molecule has 0 aliphatic heterocycles. The Morgan fingerprint density at radius 1 is 0.750 bits per heavy atom. The summed E-state index contributed by atoms with van der Waals surface area (Å²) >= 11 is -5.38. The number of rotatable bonds is 11. The van der Waals surface area contributed by atoms with Crippen molar-refractivity contribution in [2.45, 2.75) is 71.1 Å². The van der Waals surface area contributed by atoms with Gasteiger partial charge in [0.1, 0.15) is 0 Å². The fourth-order valence-corrected chi connectivity index (χ4v) is 1.92. The quantitative estimate of drug-likeness (QED) is 0.538. The van der Waals surface area contributed by atoms with Crippen LogP contribution in [0, 0.1) is 14.1 Å². The van der Waals surface area contributed by atoms with Crippen molar-refractivity contribution in [3.63, 3.8) is 0 Å². The summed E-state index contributed by atoms with van der Waals surface area (Å²) in [6.45, 7) is 3.54. The van der Waals surface area contributed by atoms with Crippen LogP contribution in [0.25, 0.3) is 0 Å². The molecule has 0 fully saturated rings. The van der Waals surface area contributed by atoms with Crippen molar-refractivity contribution in [1.82, 2.24) is 4.90 Å². The van der Waals surface area contributed by atoms with E-state index in [9.17, 15) is 0 Å². The Bertz CT molecular complexity index is 181. The monoisotopic (exact) mass is 357 g/mol. The van der Waals surface area contributed by atoms with E-state index in [0.717, 1.165) is 0 Å². The van der Waals surface area contributed by atoms with Crippen molar-refractivity contribution in [3.8, 4) is 0 Å². The molecule has 6 heteroatoms. The first kappa shape index (κ1) is 22.6. The van der Waals surface area contributed by atoms with Gasteiger partial charge in [-0.2, -0.15) is 0 Å². The van der Waals surface area contributed by atoms with E-state index in [0.29, 0.717) is 0 Å². The van der Waals surface area contributed by atoms with Crippen LogP contribution in [0.4, 0.5) is 0 Å². The van der Waals surface area contributed by atoms with Gasteiger partial charge in [0, 0.05) is 4.20 Å². The molecule has 0 unspecified atom stereocenters. The van der Waals surface area contributed by atoms with Crippen molar-refractivity contribution < 1.29 is 30.9 Å². The minimum atomic E-state index is -5.38. The third kappa shape index (κ3) is 36.2. The first-order valence-corrected chi connectivity index (χ1v) is 10.2. The molecule has 1 N–H and O–H groups in total. The highest BCUT2D eigenvalue weighted by Gasteiger charge is 2.07. The van der Waals surface area contributed by atoms with Crippen LogP contribution >= 0.6 is 0 Å². The minimum Gasteiger partial charge on any atom is -0.309 e. The van der Waals surface area contributed by atoms with E-state index in [1.807, 2.05) is 0 Å². The van der Waals surface area contributed by atoms with Crippen molar-refractivity contribution in [3.05, 3.63) is 0 Å². The van der Waals surface area contributed by atoms with Crippen LogP contribution in [0.2, 0.25) is 0 Å². The molecule has 0 aromatic heterocycles. The third-order valence-corrected chi connectivity index (χ3v) is 2.96. The molecule has 0 bridgehead atoms. The fourth-order valence-electron chi connectivity index (χ4n) is 1.92. The Morgan fingerprint density at radius 3 is 1.35 bits per heavy atom. The highest BCUT2D eigenvalue weighted by Crippen LogP contribution is 2.10. The number of nitrogens with zero attached hydrogens (tertiary/aromatic N) is 1. The van der Waals surface area contributed by atoms with Gasteiger partial charge in [0.15, 0.2) is 0 Å². The molecule has 0 heterocycles. The zero-order valence-electron chi connectivity index (χ0n) is 13.3. The normalized spacial score (nSPS) is 11.4. The first-order chi connectivity index (χ1) is 9.27. The summed E-state index contributed by atoms with van der Waals surface area (Å²) in [5, 5.41) is 0. The molecule has 0 spiro atoms. The number of halogens is 1. The van der Waals surface area contributed by atoms with Crippen molar-refractivity contribution in [2.24, 2.45) is 0 Å². The van der Waals surface area contributed by atoms with Gasteiger partial charge in [0.05, 0.1) is 0 Å². The molecule has 0 saturated heterocycles. The van der Waals surface area contributed by atoms with Gasteiger partial charge in [0.25, 0.3) is 14.1 Å². The van der Waals surface area contributed by atoms with Crippen LogP contribution in [0.1, 0.15) is 71.1 Å². The average Bonchev–Trinajstić information content (AvgIpc) is 2.29. The lowest BCUT2D eigenvalue weighted by molar-refractivity contribution is -1.92. The van der Waals surface area contributed by atoms with Crippen LogP contribution in [0.3, 0.4) is 0 Å². The van der Waals surface area contributed by atoms with Gasteiger partial charge in [-0.05, 0) is 27.1 Å². The summed E-state index contributed by atoms with van der Waals surface area (Å²) in [5.74, 6) is 0. The van der Waals surface area contributed by atoms with Gasteiger partial charge in [-0.15, -0.1) is 0 Å². The van der Waals surface area contributed by atoms with Gasteiger partial charge < -0.3 is 4.90 Å². The SMILES string of the molecule is CCCCCCCCCCCCN(C)C.[O-][Br+3]([O-])([O-])O. The van der Waals surface area contributed by atoms with Crippen LogP contribution in [0.15, 0.2) is 0 Å². The van der Waals surface area contributed by atoms with E-state index in [-0.39, 0.29) is 0 Å². The average molecular weight is 358 g/mol. The molecule has 0 amide bonds. The largest absolute Gasteiger partial charge is 0.309 e. The lowest BCUT2D eigenvalue weighted by Gasteiger charge is -2.08. The van der Waals surface area contributed by atoms with Crippen LogP contribution in [-0.2, 0) is 0 Å². The number of hydrogen-bond donors (Lipinski definition) is 1. The summed E-state index contributed by atoms with van der Waals surface area (Å²) in [5.41, 5.74) is 0. The molecule has 0 rings (SSSR count). The molecule has 0 radical (unpaired) electrons. The molecule has 0 aliphatic rings. The molecule has 5 nitrogen and oxygen atoms in total. The smallest absolute Gasteiger partial charge is 0.265 e. The van der Waals surface area contributed by atoms with E-state index in [4.69, 9.17) is 16.8 Å². The van der Waals surface area contributed by atoms with Crippen molar-refractivity contribution in [2.75, 3.05) is 20.6 Å². The van der Waals surface area contributed by atoms with Gasteiger partial charge in [-0.3, -0.25) is 0 Å². The predicted octanol–water partition coefficient (Wildman–Crippen LogP) is 0.345. The summed E-state index contributed by atoms with van der Waals surface area (Å²) in [4.78, 5) is 2.28. The molecular formula is C14H32BrNO4. The topological polar surface area (TPSA) is 92.7 Å². The minimum absolute atomic E-state index is 1.26. The Labute approximate surface area is 128 Å². The van der Waals surface area contributed by atoms with E-state index < -0.39 is 14.1 Å². The van der Waals surface area contributed by atoms with Gasteiger partial charge >= 0.3 is 0 Å². The van der Waals surface area contributed by atoms with Crippen LogP contribution in [-0.4, -0.2) is 29.7 Å². The van der Waals surface area contributed by atoms with Gasteiger partial charge in [-0.25, -0.2) is 12.6 Å². The Hall–Kier alpha value is 0.280. The van der Waals surface area contributed by atoms with E-state index >= 15 is 0 Å². The maximum absolute atomic E-state index is 8.69. The highest BCUT2D eigenvalue weighted by molar-refractivity contribution is 4.49. The second-order valence-electron chi connectivity index (χ2n) is 5.38. The third-order valence-electron chi connectivity index (χ3n) is 2.96. The molecule has 0 atom stereocenters. The van der Waals surface area contributed by atoms with Crippen LogP contribution < -0.4 is 12.6 Å². The molecule has 0 aliphatic carbocycles. The van der Waals surface area contributed by atoms with Gasteiger partial charge in [0.2, 0.25) is 0 Å². The maximum atomic E-state index is 8.69. The van der Waals surface area contributed by atoms with Crippen molar-refractivity contribution >= 4 is 0 Å². The van der Waals surface area contributed by atoms with E-state index in [1.54, 1.807) is 0 Å². The second kappa shape index (κ2) is 15.7. The van der Waals surface area contributed by atoms with Crippen LogP contribution in [0.5, 0.6) is 0 Å². The Morgan fingerprint density at radius 2 is 1.05 bits per heavy atom. The highest BCUT2D eigenvalue weighted by atomic mass is 80.0. The summed E-state index contributed by atoms with van der Waals surface area (Å²) in [6.07, 6.45) is 14.4. The Kier molecular flexibility index (Phi) is 17.7. The van der Waals surface area contributed by atoms with Gasteiger partial charge in [-0.1, -0.05) is 64.7 Å². The molecule has 0 aromatic rings. The molecule has 124 valence electrons. The summed E-state index contributed by atoms with van der Waals surface area (Å²) in [7, 11) is 4.32. The summed E-state index contributed by atoms with van der Waals surface area (Å²) in [6, 6.07) is 0. The van der Waals surface area contributed by atoms with E-state index in [2.05, 4.69) is 25.9 Å². The predicted molar refractivity (Wildman–Crippen MR) is 72.6 cm³/mol. The number of hydrogen-bond acceptors (Lipinski definition) is 5. The Balaban J connectivity index is 0. The van der Waals surface area contributed by atoms with E-state index in [1.165, 1.54) is 70.8 Å². The molecule has 0 aromatic carbocycles. The zero-order valence-corrected chi connectivity index (χ0v) is 14.9. The second-order valence-corrected chi connectivity index (χ2v) is 7.04. The zero-order chi connectivity index (χ0) is 15.9. The number of unbranched alkanes of at least 4 members (excludes halogenated alkanes) is 9. The lowest BCUT2D eigenvalue weighted by Crippen LogP contribution is -2.58. The fraction of sp³-hybridized carbons (Fsp3) is 1.00. The molecule has 20 heavy (non-hydrogen) atoms. The summed E-state index contributed by atoms with van der Waals surface area (Å²) < 4.78 is 33.1. The molecular weight excluding hydrogens is 326 g/mol. The standard InChI is InChI=1S/C14H31N.BrHO4/c1-4-5-6-7-8-9-10-11-12-13-14-15(2)3;2-1(3,4)5/h4-14H2,1-3H3;2H. The van der Waals surface area contributed by atoms with Crippen molar-refractivity contribution in [1.29, 1.82) is 0 Å². The first-order valence-electron chi connectivity index (χ1n) is 7.55. The molecule has 0 saturated carbocycles. The maximum Gasteiger partial charge on any atom is 0.265 e.